The molecule has 3 rings (SSSR count). The van der Waals surface area contributed by atoms with E-state index in [0.717, 1.165) is 10.5 Å². The first-order chi connectivity index (χ1) is 10.0. The number of nitrogens with zero attached hydrogens (tertiary/aromatic N) is 2. The summed E-state index contributed by atoms with van der Waals surface area (Å²) in [6.07, 6.45) is 3.04. The third-order valence-corrected chi connectivity index (χ3v) is 4.14. The van der Waals surface area contributed by atoms with Gasteiger partial charge in [-0.2, -0.15) is 0 Å². The molecule has 1 fully saturated rings. The van der Waals surface area contributed by atoms with Crippen LogP contribution in [0.3, 0.4) is 0 Å². The molecule has 6 heteroatoms. The standard InChI is InChI=1S/C15H14N2O4/c1-9-6-7-10-11(8-9)15(19)16(14(10)18)12-4-2-3-5-13(12)17(20)21/h2-6,10-11H,7-8H2,1H3/t10-,11-/m1/s1. The second-order valence-corrected chi connectivity index (χ2v) is 5.46. The Labute approximate surface area is 121 Å². The predicted octanol–water partition coefficient (Wildman–Crippen LogP) is 2.44. The minimum atomic E-state index is -0.568. The normalized spacial score (nSPS) is 24.8. The molecule has 1 saturated heterocycles. The summed E-state index contributed by atoms with van der Waals surface area (Å²) in [4.78, 5) is 36.5. The molecule has 1 aliphatic carbocycles. The molecule has 2 aliphatic rings. The van der Waals surface area contributed by atoms with E-state index in [1.54, 1.807) is 6.07 Å². The van der Waals surface area contributed by atoms with Crippen molar-refractivity contribution in [3.05, 3.63) is 46.0 Å². The van der Waals surface area contributed by atoms with E-state index in [0.29, 0.717) is 12.8 Å². The van der Waals surface area contributed by atoms with Crippen LogP contribution in [0.4, 0.5) is 11.4 Å². The second kappa shape index (κ2) is 4.80. The minimum absolute atomic E-state index is 0.0737. The van der Waals surface area contributed by atoms with E-state index in [4.69, 9.17) is 0 Å². The topological polar surface area (TPSA) is 80.5 Å². The highest BCUT2D eigenvalue weighted by atomic mass is 16.6. The summed E-state index contributed by atoms with van der Waals surface area (Å²) < 4.78 is 0. The molecule has 2 atom stereocenters. The highest BCUT2D eigenvalue weighted by molar-refractivity contribution is 6.23. The highest BCUT2D eigenvalue weighted by Gasteiger charge is 2.49. The van der Waals surface area contributed by atoms with Crippen LogP contribution in [0.2, 0.25) is 0 Å². The molecular weight excluding hydrogens is 272 g/mol. The van der Waals surface area contributed by atoms with Gasteiger partial charge in [0, 0.05) is 6.07 Å². The Kier molecular flexibility index (Phi) is 3.08. The molecule has 0 radical (unpaired) electrons. The van der Waals surface area contributed by atoms with E-state index < -0.39 is 4.92 Å². The van der Waals surface area contributed by atoms with Crippen molar-refractivity contribution >= 4 is 23.2 Å². The number of anilines is 1. The monoisotopic (exact) mass is 286 g/mol. The van der Waals surface area contributed by atoms with Crippen molar-refractivity contribution in [3.63, 3.8) is 0 Å². The summed E-state index contributed by atoms with van der Waals surface area (Å²) in [6.45, 7) is 1.93. The van der Waals surface area contributed by atoms with Gasteiger partial charge in [0.25, 0.3) is 5.69 Å². The minimum Gasteiger partial charge on any atom is -0.274 e. The Morgan fingerprint density at radius 3 is 2.57 bits per heavy atom. The molecule has 1 aromatic rings. The van der Waals surface area contributed by atoms with Gasteiger partial charge < -0.3 is 0 Å². The third-order valence-electron chi connectivity index (χ3n) is 4.14. The number of benzene rings is 1. The zero-order valence-corrected chi connectivity index (χ0v) is 11.5. The van der Waals surface area contributed by atoms with Gasteiger partial charge in [-0.25, -0.2) is 4.90 Å². The van der Waals surface area contributed by atoms with E-state index in [2.05, 4.69) is 0 Å². The number of imide groups is 1. The van der Waals surface area contributed by atoms with Crippen molar-refractivity contribution in [1.82, 2.24) is 0 Å². The molecule has 0 bridgehead atoms. The molecule has 0 spiro atoms. The van der Waals surface area contributed by atoms with Crippen LogP contribution in [-0.2, 0) is 9.59 Å². The van der Waals surface area contributed by atoms with Crippen LogP contribution in [0.15, 0.2) is 35.9 Å². The Balaban J connectivity index is 2.04. The zero-order chi connectivity index (χ0) is 15.1. The van der Waals surface area contributed by atoms with Crippen LogP contribution in [0.5, 0.6) is 0 Å². The Morgan fingerprint density at radius 2 is 1.86 bits per heavy atom. The van der Waals surface area contributed by atoms with Crippen LogP contribution in [0.25, 0.3) is 0 Å². The number of nitro groups is 1. The number of hydrogen-bond donors (Lipinski definition) is 0. The van der Waals surface area contributed by atoms with E-state index in [9.17, 15) is 19.7 Å². The van der Waals surface area contributed by atoms with E-state index in [1.807, 2.05) is 13.0 Å². The Bertz CT molecular complexity index is 680. The lowest BCUT2D eigenvalue weighted by Crippen LogP contribution is -2.31. The van der Waals surface area contributed by atoms with Crippen LogP contribution in [0.1, 0.15) is 19.8 Å². The van der Waals surface area contributed by atoms with Crippen LogP contribution in [-0.4, -0.2) is 16.7 Å². The molecule has 0 aromatic heterocycles. The molecule has 0 saturated carbocycles. The molecule has 0 N–H and O–H groups in total. The number of nitro benzene ring substituents is 1. The van der Waals surface area contributed by atoms with Gasteiger partial charge >= 0.3 is 0 Å². The molecule has 6 nitrogen and oxygen atoms in total. The maximum atomic E-state index is 12.5. The Morgan fingerprint density at radius 1 is 1.19 bits per heavy atom. The lowest BCUT2D eigenvalue weighted by molar-refractivity contribution is -0.384. The van der Waals surface area contributed by atoms with E-state index in [1.165, 1.54) is 18.2 Å². The van der Waals surface area contributed by atoms with Crippen molar-refractivity contribution in [2.24, 2.45) is 11.8 Å². The predicted molar refractivity (Wildman–Crippen MR) is 75.6 cm³/mol. The first-order valence-electron chi connectivity index (χ1n) is 6.77. The number of allylic oxidation sites excluding steroid dienone is 2. The van der Waals surface area contributed by atoms with E-state index in [-0.39, 0.29) is 35.0 Å². The van der Waals surface area contributed by atoms with Gasteiger partial charge in [-0.15, -0.1) is 0 Å². The molecular formula is C15H14N2O4. The van der Waals surface area contributed by atoms with Gasteiger partial charge in [0.05, 0.1) is 16.8 Å². The largest absolute Gasteiger partial charge is 0.293 e. The number of para-hydroxylation sites is 2. The summed E-state index contributed by atoms with van der Waals surface area (Å²) in [5.41, 5.74) is 0.939. The quantitative estimate of drug-likeness (QED) is 0.362. The maximum Gasteiger partial charge on any atom is 0.293 e. The number of fused-ring (bicyclic) bond motifs is 1. The Hall–Kier alpha value is -2.50. The van der Waals surface area contributed by atoms with Crippen molar-refractivity contribution < 1.29 is 14.5 Å². The summed E-state index contributed by atoms with van der Waals surface area (Å²) in [5, 5.41) is 11.1. The number of carbonyl (C=O) groups excluding carboxylic acids is 2. The van der Waals surface area contributed by atoms with Gasteiger partial charge in [0.15, 0.2) is 0 Å². The lowest BCUT2D eigenvalue weighted by Gasteiger charge is -2.18. The van der Waals surface area contributed by atoms with E-state index >= 15 is 0 Å². The van der Waals surface area contributed by atoms with Gasteiger partial charge in [0.2, 0.25) is 11.8 Å². The summed E-state index contributed by atoms with van der Waals surface area (Å²) >= 11 is 0. The fraction of sp³-hybridized carbons (Fsp3) is 0.333. The number of amides is 2. The molecule has 1 aliphatic heterocycles. The van der Waals surface area contributed by atoms with Crippen LogP contribution in [0, 0.1) is 22.0 Å². The SMILES string of the molecule is CC1=CC[C@H]2C(=O)N(c3ccccc3[N+](=O)[O-])C(=O)[C@@H]2C1. The number of rotatable bonds is 2. The van der Waals surface area contributed by atoms with Gasteiger partial charge in [-0.3, -0.25) is 19.7 Å². The van der Waals surface area contributed by atoms with Crippen molar-refractivity contribution in [3.8, 4) is 0 Å². The van der Waals surface area contributed by atoms with Crippen molar-refractivity contribution in [2.45, 2.75) is 19.8 Å². The van der Waals surface area contributed by atoms with Crippen molar-refractivity contribution in [1.29, 1.82) is 0 Å². The maximum absolute atomic E-state index is 12.5. The molecule has 1 heterocycles. The van der Waals surface area contributed by atoms with Gasteiger partial charge in [0.1, 0.15) is 5.69 Å². The first kappa shape index (κ1) is 13.5. The molecule has 0 unspecified atom stereocenters. The zero-order valence-electron chi connectivity index (χ0n) is 11.5. The summed E-state index contributed by atoms with van der Waals surface area (Å²) in [7, 11) is 0. The summed E-state index contributed by atoms with van der Waals surface area (Å²) in [5.74, 6) is -1.43. The van der Waals surface area contributed by atoms with Crippen LogP contribution >= 0.6 is 0 Å². The van der Waals surface area contributed by atoms with Crippen molar-refractivity contribution in [2.75, 3.05) is 4.90 Å². The average molecular weight is 286 g/mol. The first-order valence-corrected chi connectivity index (χ1v) is 6.77. The molecule has 21 heavy (non-hydrogen) atoms. The van der Waals surface area contributed by atoms with Gasteiger partial charge in [-0.05, 0) is 25.8 Å². The third kappa shape index (κ3) is 2.03. The second-order valence-electron chi connectivity index (χ2n) is 5.46. The summed E-state index contributed by atoms with van der Waals surface area (Å²) in [6, 6.07) is 5.87. The fourth-order valence-electron chi connectivity index (χ4n) is 3.08. The molecule has 2 amide bonds. The van der Waals surface area contributed by atoms with Crippen LogP contribution < -0.4 is 4.90 Å². The highest BCUT2D eigenvalue weighted by Crippen LogP contribution is 2.41. The number of carbonyl (C=O) groups is 2. The lowest BCUT2D eigenvalue weighted by atomic mass is 9.82. The number of hydrogen-bond acceptors (Lipinski definition) is 4. The molecule has 108 valence electrons. The molecule has 1 aromatic carbocycles. The fourth-order valence-corrected chi connectivity index (χ4v) is 3.08. The average Bonchev–Trinajstić information content (AvgIpc) is 2.70. The van der Waals surface area contributed by atoms with Gasteiger partial charge in [-0.1, -0.05) is 23.8 Å². The smallest absolute Gasteiger partial charge is 0.274 e.